The van der Waals surface area contributed by atoms with Gasteiger partial charge >= 0.3 is 0 Å². The summed E-state index contributed by atoms with van der Waals surface area (Å²) in [6, 6.07) is 33.4. The molecule has 0 saturated carbocycles. The molecule has 0 N–H and O–H groups in total. The van der Waals surface area contributed by atoms with E-state index in [9.17, 15) is 0 Å². The molecule has 0 fully saturated rings. The predicted molar refractivity (Wildman–Crippen MR) is 141 cm³/mol. The van der Waals surface area contributed by atoms with Crippen LogP contribution in [0.1, 0.15) is 19.4 Å². The Bertz CT molecular complexity index is 1800. The topological polar surface area (TPSA) is 13.1 Å². The van der Waals surface area contributed by atoms with Crippen molar-refractivity contribution in [3.05, 3.63) is 96.6 Å². The molecule has 1 heteroatoms. The first kappa shape index (κ1) is 18.7. The van der Waals surface area contributed by atoms with Crippen molar-refractivity contribution >= 4 is 54.3 Å². The Hall–Kier alpha value is -3.84. The van der Waals surface area contributed by atoms with Crippen LogP contribution in [0.5, 0.6) is 0 Å². The van der Waals surface area contributed by atoms with E-state index in [1.807, 2.05) is 12.1 Å². The van der Waals surface area contributed by atoms with Crippen LogP contribution in [0.15, 0.2) is 95.4 Å². The Morgan fingerprint density at radius 1 is 0.606 bits per heavy atom. The number of benzene rings is 6. The Labute approximate surface area is 192 Å². The van der Waals surface area contributed by atoms with Crippen LogP contribution in [0.2, 0.25) is 0 Å². The highest BCUT2D eigenvalue weighted by Crippen LogP contribution is 2.41. The summed E-state index contributed by atoms with van der Waals surface area (Å²) in [7, 11) is 0. The molecule has 1 nitrogen and oxygen atoms in total. The molecule has 7 rings (SSSR count). The molecule has 0 radical (unpaired) electrons. The molecule has 0 atom stereocenters. The Balaban J connectivity index is 1.51. The van der Waals surface area contributed by atoms with E-state index in [0.29, 0.717) is 5.92 Å². The van der Waals surface area contributed by atoms with Gasteiger partial charge in [0.05, 0.1) is 0 Å². The van der Waals surface area contributed by atoms with Crippen molar-refractivity contribution in [2.24, 2.45) is 5.92 Å². The number of furan rings is 1. The van der Waals surface area contributed by atoms with Gasteiger partial charge in [-0.05, 0) is 79.5 Å². The van der Waals surface area contributed by atoms with Crippen molar-refractivity contribution in [2.75, 3.05) is 0 Å². The lowest BCUT2D eigenvalue weighted by molar-refractivity contribution is 0.648. The third-order valence-electron chi connectivity index (χ3n) is 6.99. The van der Waals surface area contributed by atoms with Gasteiger partial charge in [-0.25, -0.2) is 0 Å². The highest BCUT2D eigenvalue weighted by molar-refractivity contribution is 6.25. The highest BCUT2D eigenvalue weighted by Gasteiger charge is 2.14. The molecule has 158 valence electrons. The SMILES string of the molecule is CC(C)Cc1cc2ccc3ccc(-c4ccc5oc6ccccc6c5c4)c4ccc(c1)c2c34. The van der Waals surface area contributed by atoms with Crippen LogP contribution >= 0.6 is 0 Å². The van der Waals surface area contributed by atoms with Gasteiger partial charge in [-0.3, -0.25) is 0 Å². The minimum Gasteiger partial charge on any atom is -0.456 e. The molecule has 0 spiro atoms. The third-order valence-corrected chi connectivity index (χ3v) is 6.99. The van der Waals surface area contributed by atoms with Crippen molar-refractivity contribution in [3.8, 4) is 11.1 Å². The zero-order chi connectivity index (χ0) is 22.1. The molecule has 1 heterocycles. The normalized spacial score (nSPS) is 12.3. The van der Waals surface area contributed by atoms with Crippen molar-refractivity contribution in [2.45, 2.75) is 20.3 Å². The van der Waals surface area contributed by atoms with Crippen LogP contribution in [0.4, 0.5) is 0 Å². The molecule has 33 heavy (non-hydrogen) atoms. The van der Waals surface area contributed by atoms with E-state index >= 15 is 0 Å². The summed E-state index contributed by atoms with van der Waals surface area (Å²) in [4.78, 5) is 0. The number of hydrogen-bond acceptors (Lipinski definition) is 1. The zero-order valence-electron chi connectivity index (χ0n) is 18.9. The van der Waals surface area contributed by atoms with E-state index in [4.69, 9.17) is 4.42 Å². The summed E-state index contributed by atoms with van der Waals surface area (Å²) in [5.74, 6) is 0.652. The van der Waals surface area contributed by atoms with Crippen LogP contribution in [0.3, 0.4) is 0 Å². The van der Waals surface area contributed by atoms with Gasteiger partial charge in [0.2, 0.25) is 0 Å². The summed E-state index contributed by atoms with van der Waals surface area (Å²) in [6.07, 6.45) is 1.11. The predicted octanol–water partition coefficient (Wildman–Crippen LogP) is 9.35. The van der Waals surface area contributed by atoms with Gasteiger partial charge in [-0.15, -0.1) is 0 Å². The van der Waals surface area contributed by atoms with Crippen LogP contribution in [-0.4, -0.2) is 0 Å². The van der Waals surface area contributed by atoms with Gasteiger partial charge in [0.25, 0.3) is 0 Å². The standard InChI is InChI=1S/C32H24O/c1-19(2)15-20-16-23-8-7-21-9-12-25(27-13-10-24(17-20)31(23)32(21)27)22-11-14-30-28(18-22)26-5-3-4-6-29(26)33-30/h3-14,16-19H,15H2,1-2H3. The fourth-order valence-electron chi connectivity index (χ4n) is 5.62. The minimum atomic E-state index is 0.652. The third kappa shape index (κ3) is 2.79. The van der Waals surface area contributed by atoms with Crippen LogP contribution in [0.25, 0.3) is 65.4 Å². The molecule has 0 bridgehead atoms. The van der Waals surface area contributed by atoms with E-state index in [-0.39, 0.29) is 0 Å². The molecule has 0 aliphatic rings. The molecular formula is C32H24O. The molecule has 6 aromatic carbocycles. The molecule has 1 aromatic heterocycles. The van der Waals surface area contributed by atoms with Crippen molar-refractivity contribution in [1.29, 1.82) is 0 Å². The number of hydrogen-bond donors (Lipinski definition) is 0. The highest BCUT2D eigenvalue weighted by atomic mass is 16.3. The van der Waals surface area contributed by atoms with Gasteiger partial charge in [0.15, 0.2) is 0 Å². The molecule has 0 aliphatic heterocycles. The Morgan fingerprint density at radius 2 is 1.33 bits per heavy atom. The fourth-order valence-corrected chi connectivity index (χ4v) is 5.62. The summed E-state index contributed by atoms with van der Waals surface area (Å²) in [6.45, 7) is 4.58. The first-order valence-corrected chi connectivity index (χ1v) is 11.8. The van der Waals surface area contributed by atoms with Gasteiger partial charge < -0.3 is 4.42 Å². The average Bonchev–Trinajstić information content (AvgIpc) is 3.19. The van der Waals surface area contributed by atoms with E-state index in [1.165, 1.54) is 59.8 Å². The molecule has 0 aliphatic carbocycles. The largest absolute Gasteiger partial charge is 0.456 e. The van der Waals surface area contributed by atoms with Gasteiger partial charge in [-0.2, -0.15) is 0 Å². The maximum Gasteiger partial charge on any atom is 0.135 e. The number of para-hydroxylation sites is 1. The number of rotatable bonds is 3. The smallest absolute Gasteiger partial charge is 0.135 e. The Morgan fingerprint density at radius 3 is 2.18 bits per heavy atom. The second-order valence-electron chi connectivity index (χ2n) is 9.71. The summed E-state index contributed by atoms with van der Waals surface area (Å²) in [5, 5.41) is 10.4. The molecule has 0 amide bonds. The maximum absolute atomic E-state index is 6.06. The van der Waals surface area contributed by atoms with Gasteiger partial charge in [0.1, 0.15) is 11.2 Å². The monoisotopic (exact) mass is 424 g/mol. The average molecular weight is 425 g/mol. The Kier molecular flexibility index (Phi) is 3.87. The lowest BCUT2D eigenvalue weighted by atomic mass is 9.88. The summed E-state index contributed by atoms with van der Waals surface area (Å²) < 4.78 is 6.06. The van der Waals surface area contributed by atoms with Crippen molar-refractivity contribution in [1.82, 2.24) is 0 Å². The first-order chi connectivity index (χ1) is 16.2. The van der Waals surface area contributed by atoms with Gasteiger partial charge in [0, 0.05) is 10.8 Å². The van der Waals surface area contributed by atoms with E-state index in [1.54, 1.807) is 0 Å². The van der Waals surface area contributed by atoms with Crippen molar-refractivity contribution < 1.29 is 4.42 Å². The quantitative estimate of drug-likeness (QED) is 0.258. The summed E-state index contributed by atoms with van der Waals surface area (Å²) >= 11 is 0. The first-order valence-electron chi connectivity index (χ1n) is 11.8. The molecule has 7 aromatic rings. The van der Waals surface area contributed by atoms with Gasteiger partial charge in [-0.1, -0.05) is 86.6 Å². The zero-order valence-corrected chi connectivity index (χ0v) is 18.9. The molecule has 0 unspecified atom stereocenters. The summed E-state index contributed by atoms with van der Waals surface area (Å²) in [5.41, 5.74) is 5.81. The van der Waals surface area contributed by atoms with E-state index in [0.717, 1.165) is 17.6 Å². The van der Waals surface area contributed by atoms with E-state index in [2.05, 4.69) is 92.7 Å². The second-order valence-corrected chi connectivity index (χ2v) is 9.71. The van der Waals surface area contributed by atoms with Crippen LogP contribution in [0, 0.1) is 5.92 Å². The fraction of sp³-hybridized carbons (Fsp3) is 0.125. The van der Waals surface area contributed by atoms with Crippen LogP contribution in [-0.2, 0) is 6.42 Å². The van der Waals surface area contributed by atoms with E-state index < -0.39 is 0 Å². The molecular weight excluding hydrogens is 400 g/mol. The maximum atomic E-state index is 6.06. The minimum absolute atomic E-state index is 0.652. The lowest BCUT2D eigenvalue weighted by Crippen LogP contribution is -1.95. The van der Waals surface area contributed by atoms with Crippen molar-refractivity contribution in [3.63, 3.8) is 0 Å². The number of fused-ring (bicyclic) bond motifs is 3. The molecule has 0 saturated heterocycles. The van der Waals surface area contributed by atoms with Crippen LogP contribution < -0.4 is 0 Å². The second kappa shape index (κ2) is 6.83. The lowest BCUT2D eigenvalue weighted by Gasteiger charge is -2.16.